The van der Waals surface area contributed by atoms with E-state index in [4.69, 9.17) is 25.4 Å². The molecule has 2 heterocycles. The third-order valence-electron chi connectivity index (χ3n) is 5.69. The number of nitrogens with one attached hydrogen (secondary N) is 2. The Labute approximate surface area is 203 Å². The molecule has 2 N–H and O–H groups in total. The summed E-state index contributed by atoms with van der Waals surface area (Å²) < 4.78 is 21.5. The molecule has 0 aliphatic carbocycles. The van der Waals surface area contributed by atoms with Gasteiger partial charge < -0.3 is 34.5 Å². The summed E-state index contributed by atoms with van der Waals surface area (Å²) in [6.45, 7) is 11.9. The Kier molecular flexibility index (Phi) is 14.4. The largest absolute Gasteiger partial charge is 0.387 e. The highest BCUT2D eigenvalue weighted by molar-refractivity contribution is 8.00. The van der Waals surface area contributed by atoms with Gasteiger partial charge in [0.05, 0.1) is 58.3 Å². The molecule has 0 aromatic carbocycles. The maximum absolute atomic E-state index is 12.0. The molecule has 0 unspecified atom stereocenters. The third-order valence-corrected chi connectivity index (χ3v) is 7.19. The average Bonchev–Trinajstić information content (AvgIpc) is 3.34. The number of rotatable bonds is 20. The van der Waals surface area contributed by atoms with Crippen molar-refractivity contribution < 1.29 is 23.7 Å². The molecule has 2 saturated heterocycles. The highest BCUT2D eigenvalue weighted by Gasteiger charge is 2.47. The molecule has 3 atom stereocenters. The zero-order chi connectivity index (χ0) is 23.7. The number of carbonyl (C=O) groups is 1. The number of fused-ring (bicyclic) bond motifs is 1. The first-order valence-corrected chi connectivity index (χ1v) is 13.1. The summed E-state index contributed by atoms with van der Waals surface area (Å²) in [6.07, 6.45) is 9.47. The van der Waals surface area contributed by atoms with Crippen LogP contribution < -0.4 is 10.6 Å². The second-order valence-electron chi connectivity index (χ2n) is 8.07. The monoisotopic (exact) mass is 483 g/mol. The molecule has 0 saturated carbocycles. The van der Waals surface area contributed by atoms with Crippen LogP contribution in [-0.4, -0.2) is 100.0 Å². The van der Waals surface area contributed by atoms with Crippen LogP contribution >= 0.6 is 11.8 Å². The van der Waals surface area contributed by atoms with Crippen molar-refractivity contribution in [3.63, 3.8) is 0 Å². The highest BCUT2D eigenvalue weighted by atomic mass is 32.2. The highest BCUT2D eigenvalue weighted by Crippen LogP contribution is 2.37. The second-order valence-corrected chi connectivity index (χ2v) is 9.35. The molecule has 0 bridgehead atoms. The van der Waals surface area contributed by atoms with Gasteiger partial charge in [-0.15, -0.1) is 6.42 Å². The molecule has 188 valence electrons. The van der Waals surface area contributed by atoms with Crippen LogP contribution in [0.1, 0.15) is 32.6 Å². The van der Waals surface area contributed by atoms with Gasteiger partial charge in [0.15, 0.2) is 0 Å². The summed E-state index contributed by atoms with van der Waals surface area (Å²) in [5, 5.41) is 7.01. The SMILES string of the molecule is C#CCOCCOCCOCCOCCNC(=C)CCCC[C@@H]1SC[C@@H]2NC(=O)N(CC)[C@@H]21. The van der Waals surface area contributed by atoms with Gasteiger partial charge in [0.1, 0.15) is 6.61 Å². The number of carbonyl (C=O) groups excluding carboxylic acids is 1. The fraction of sp³-hybridized carbons (Fsp3) is 0.792. The molecule has 2 amide bonds. The number of hydrogen-bond acceptors (Lipinski definition) is 7. The van der Waals surface area contributed by atoms with Crippen LogP contribution in [0, 0.1) is 12.3 Å². The molecule has 2 aliphatic rings. The van der Waals surface area contributed by atoms with Gasteiger partial charge in [-0.05, 0) is 26.2 Å². The van der Waals surface area contributed by atoms with Gasteiger partial charge in [-0.2, -0.15) is 11.8 Å². The van der Waals surface area contributed by atoms with E-state index in [1.807, 2.05) is 16.7 Å². The quantitative estimate of drug-likeness (QED) is 0.156. The summed E-state index contributed by atoms with van der Waals surface area (Å²) >= 11 is 2.01. The van der Waals surface area contributed by atoms with E-state index >= 15 is 0 Å². The molecule has 8 nitrogen and oxygen atoms in total. The summed E-state index contributed by atoms with van der Waals surface area (Å²) in [5.74, 6) is 3.44. The van der Waals surface area contributed by atoms with Crippen LogP contribution in [0.2, 0.25) is 0 Å². The Bertz CT molecular complexity index is 615. The number of nitrogens with zero attached hydrogens (tertiary/aromatic N) is 1. The first kappa shape index (κ1) is 27.8. The maximum atomic E-state index is 12.0. The number of thioether (sulfide) groups is 1. The van der Waals surface area contributed by atoms with Crippen molar-refractivity contribution >= 4 is 17.8 Å². The van der Waals surface area contributed by atoms with Gasteiger partial charge in [-0.25, -0.2) is 4.79 Å². The van der Waals surface area contributed by atoms with Crippen molar-refractivity contribution in [2.24, 2.45) is 0 Å². The first-order valence-electron chi connectivity index (χ1n) is 12.0. The molecule has 9 heteroatoms. The van der Waals surface area contributed by atoms with E-state index in [-0.39, 0.29) is 6.03 Å². The van der Waals surface area contributed by atoms with Crippen molar-refractivity contribution in [3.05, 3.63) is 12.3 Å². The Morgan fingerprint density at radius 3 is 2.48 bits per heavy atom. The smallest absolute Gasteiger partial charge is 0.318 e. The zero-order valence-corrected chi connectivity index (χ0v) is 20.8. The number of urea groups is 1. The van der Waals surface area contributed by atoms with Crippen LogP contribution in [0.3, 0.4) is 0 Å². The maximum Gasteiger partial charge on any atom is 0.318 e. The Morgan fingerprint density at radius 1 is 1.15 bits per heavy atom. The van der Waals surface area contributed by atoms with E-state index in [0.717, 1.165) is 50.2 Å². The molecular formula is C24H41N3O5S. The standard InChI is InChI=1S/C24H41N3O5S/c1-4-11-29-13-15-31-17-18-32-16-14-30-12-10-25-20(3)8-6-7-9-22-23-21(19-33-22)26-24(28)27(23)5-2/h1,21-23,25H,3,5-19H2,2H3,(H,26,28)/t21-,22-,23-/m0/s1. The summed E-state index contributed by atoms with van der Waals surface area (Å²) in [4.78, 5) is 14.0. The van der Waals surface area contributed by atoms with E-state index < -0.39 is 0 Å². The van der Waals surface area contributed by atoms with E-state index in [9.17, 15) is 4.79 Å². The molecule has 2 fully saturated rings. The van der Waals surface area contributed by atoms with Crippen LogP contribution in [0.4, 0.5) is 4.79 Å². The van der Waals surface area contributed by atoms with Crippen LogP contribution in [-0.2, 0) is 18.9 Å². The van der Waals surface area contributed by atoms with Crippen LogP contribution in [0.5, 0.6) is 0 Å². The van der Waals surface area contributed by atoms with Crippen molar-refractivity contribution in [2.45, 2.75) is 49.9 Å². The predicted octanol–water partition coefficient (Wildman–Crippen LogP) is 2.25. The first-order chi connectivity index (χ1) is 16.2. The molecule has 33 heavy (non-hydrogen) atoms. The molecule has 0 aromatic heterocycles. The van der Waals surface area contributed by atoms with Crippen molar-refractivity contribution in [1.82, 2.24) is 15.5 Å². The predicted molar refractivity (Wildman–Crippen MR) is 132 cm³/mol. The number of unbranched alkanes of at least 4 members (excludes halogenated alkanes) is 1. The summed E-state index contributed by atoms with van der Waals surface area (Å²) in [6, 6.07) is 0.797. The second kappa shape index (κ2) is 17.1. The average molecular weight is 484 g/mol. The Balaban J connectivity index is 1.35. The van der Waals surface area contributed by atoms with Crippen molar-refractivity contribution in [1.29, 1.82) is 0 Å². The van der Waals surface area contributed by atoms with Crippen LogP contribution in [0.15, 0.2) is 12.3 Å². The summed E-state index contributed by atoms with van der Waals surface area (Å²) in [7, 11) is 0. The molecule has 2 rings (SSSR count). The van der Waals surface area contributed by atoms with E-state index in [0.29, 0.717) is 70.2 Å². The Hall–Kier alpha value is -1.44. The van der Waals surface area contributed by atoms with E-state index in [1.54, 1.807) is 0 Å². The number of ether oxygens (including phenoxy) is 4. The number of hydrogen-bond donors (Lipinski definition) is 2. The number of likely N-dealkylation sites (N-methyl/N-ethyl adjacent to an activating group) is 1. The normalized spacial score (nSPS) is 21.6. The third kappa shape index (κ3) is 10.6. The zero-order valence-electron chi connectivity index (χ0n) is 20.0. The molecule has 0 spiro atoms. The molecule has 0 radical (unpaired) electrons. The number of allylic oxidation sites excluding steroid dienone is 1. The minimum Gasteiger partial charge on any atom is -0.387 e. The summed E-state index contributed by atoms with van der Waals surface area (Å²) in [5.41, 5.74) is 1.06. The fourth-order valence-corrected chi connectivity index (χ4v) is 5.68. The molecule has 2 aliphatic heterocycles. The van der Waals surface area contributed by atoms with Gasteiger partial charge in [-0.3, -0.25) is 0 Å². The van der Waals surface area contributed by atoms with Gasteiger partial charge in [0.2, 0.25) is 0 Å². The lowest BCUT2D eigenvalue weighted by atomic mass is 10.0. The molecule has 0 aromatic rings. The topological polar surface area (TPSA) is 81.3 Å². The fourth-order valence-electron chi connectivity index (χ4n) is 4.08. The van der Waals surface area contributed by atoms with Crippen molar-refractivity contribution in [3.8, 4) is 12.3 Å². The Morgan fingerprint density at radius 2 is 1.82 bits per heavy atom. The molecular weight excluding hydrogens is 442 g/mol. The minimum atomic E-state index is 0.108. The lowest BCUT2D eigenvalue weighted by Crippen LogP contribution is -2.40. The lowest BCUT2D eigenvalue weighted by molar-refractivity contribution is 0.00184. The number of amides is 2. The van der Waals surface area contributed by atoms with Crippen molar-refractivity contribution in [2.75, 3.05) is 71.7 Å². The van der Waals surface area contributed by atoms with E-state index in [2.05, 4.69) is 30.1 Å². The van der Waals surface area contributed by atoms with Gasteiger partial charge in [0, 0.05) is 29.8 Å². The van der Waals surface area contributed by atoms with Gasteiger partial charge >= 0.3 is 6.03 Å². The number of terminal acetylenes is 1. The lowest BCUT2D eigenvalue weighted by Gasteiger charge is -2.26. The minimum absolute atomic E-state index is 0.108. The van der Waals surface area contributed by atoms with Gasteiger partial charge in [0.25, 0.3) is 0 Å². The van der Waals surface area contributed by atoms with Crippen LogP contribution in [0.25, 0.3) is 0 Å². The van der Waals surface area contributed by atoms with E-state index in [1.165, 1.54) is 0 Å². The van der Waals surface area contributed by atoms with Gasteiger partial charge in [-0.1, -0.05) is 18.9 Å².